The second kappa shape index (κ2) is 11.3. The molecule has 0 fully saturated rings. The molecule has 1 amide bonds. The number of rotatable bonds is 6. The molecule has 0 unspecified atom stereocenters. The third kappa shape index (κ3) is 5.66. The highest BCUT2D eigenvalue weighted by Gasteiger charge is 2.23. The van der Waals surface area contributed by atoms with Gasteiger partial charge >= 0.3 is 0 Å². The fraction of sp³-hybridized carbons (Fsp3) is 0.207. The van der Waals surface area contributed by atoms with E-state index in [1.54, 1.807) is 6.07 Å². The highest BCUT2D eigenvalue weighted by molar-refractivity contribution is 5.92. The molecule has 0 spiro atoms. The first-order valence-electron chi connectivity index (χ1n) is 11.9. The molecule has 1 aliphatic carbocycles. The number of nitrogens with zero attached hydrogens (tertiary/aromatic N) is 3. The van der Waals surface area contributed by atoms with Crippen LogP contribution in [0.4, 0.5) is 11.5 Å². The third-order valence-corrected chi connectivity index (χ3v) is 5.80. The van der Waals surface area contributed by atoms with Crippen LogP contribution in [0.1, 0.15) is 41.9 Å². The fourth-order valence-corrected chi connectivity index (χ4v) is 4.19. The molecule has 4 aromatic rings. The quantitative estimate of drug-likeness (QED) is 0.333. The Morgan fingerprint density at radius 2 is 1.57 bits per heavy atom. The molecule has 0 radical (unpaired) electrons. The number of anilines is 1. The van der Waals surface area contributed by atoms with E-state index in [-0.39, 0.29) is 12.3 Å². The van der Waals surface area contributed by atoms with Gasteiger partial charge in [-0.25, -0.2) is 9.97 Å². The van der Waals surface area contributed by atoms with Crippen LogP contribution < -0.4 is 5.32 Å². The normalized spacial score (nSPS) is 11.4. The van der Waals surface area contributed by atoms with Crippen LogP contribution in [0.3, 0.4) is 0 Å². The molecule has 1 aliphatic rings. The maximum absolute atomic E-state index is 12.8. The molecule has 0 saturated carbocycles. The van der Waals surface area contributed by atoms with E-state index in [0.717, 1.165) is 40.1 Å². The van der Waals surface area contributed by atoms with E-state index in [9.17, 15) is 9.70 Å². The molecule has 1 heterocycles. The van der Waals surface area contributed by atoms with E-state index in [1.807, 2.05) is 86.6 Å². The van der Waals surface area contributed by atoms with Gasteiger partial charge in [-0.3, -0.25) is 4.79 Å². The molecule has 0 aliphatic heterocycles. The summed E-state index contributed by atoms with van der Waals surface area (Å²) in [7, 11) is 0. The summed E-state index contributed by atoms with van der Waals surface area (Å²) in [6, 6.07) is 25.1. The summed E-state index contributed by atoms with van der Waals surface area (Å²) in [5, 5.41) is 6.06. The van der Waals surface area contributed by atoms with Crippen LogP contribution >= 0.6 is 0 Å². The lowest BCUT2D eigenvalue weighted by Gasteiger charge is -2.21. The molecule has 6 nitrogen and oxygen atoms in total. The summed E-state index contributed by atoms with van der Waals surface area (Å²) in [5.41, 5.74) is 6.82. The minimum Gasteiger partial charge on any atom is -0.309 e. The van der Waals surface area contributed by atoms with Crippen molar-refractivity contribution in [1.82, 2.24) is 9.97 Å². The standard InChI is InChI=1S/C27H22N4O2.C2H6/c32-25(16-19-9-5-2-6-10-19)30-27-24(15-18-7-3-1-4-8-18)28-26-22-13-12-21(31-33)17-20(22)11-14-23(26)29-27;1-2/h1-10,12-13,17H,11,14-16H2,(H,29,30,32);1-2H3. The number of aromatic nitrogens is 2. The van der Waals surface area contributed by atoms with E-state index in [1.165, 1.54) is 0 Å². The first-order chi connectivity index (χ1) is 17.2. The van der Waals surface area contributed by atoms with Crippen molar-refractivity contribution in [2.24, 2.45) is 5.18 Å². The van der Waals surface area contributed by atoms with Crippen LogP contribution in [-0.4, -0.2) is 15.9 Å². The van der Waals surface area contributed by atoms with Gasteiger partial charge in [0.05, 0.1) is 23.5 Å². The molecule has 0 atom stereocenters. The molecule has 0 saturated heterocycles. The predicted molar refractivity (Wildman–Crippen MR) is 140 cm³/mol. The Morgan fingerprint density at radius 3 is 2.26 bits per heavy atom. The van der Waals surface area contributed by atoms with Gasteiger partial charge in [-0.1, -0.05) is 80.6 Å². The van der Waals surface area contributed by atoms with E-state index in [0.29, 0.717) is 30.0 Å². The maximum atomic E-state index is 12.8. The number of nitrogens with one attached hydrogen (secondary N) is 1. The van der Waals surface area contributed by atoms with Crippen LogP contribution in [0.25, 0.3) is 11.3 Å². The van der Waals surface area contributed by atoms with Crippen LogP contribution in [0.15, 0.2) is 84.0 Å². The molecule has 6 heteroatoms. The summed E-state index contributed by atoms with van der Waals surface area (Å²) in [6.07, 6.45) is 2.25. The van der Waals surface area contributed by atoms with Gasteiger partial charge in [-0.2, -0.15) is 0 Å². The molecular weight excluding hydrogens is 436 g/mol. The van der Waals surface area contributed by atoms with Crippen molar-refractivity contribution in [2.75, 3.05) is 5.32 Å². The SMILES string of the molecule is CC.O=Nc1ccc2c(c1)CCc1nc(NC(=O)Cc3ccccc3)c(Cc3ccccc3)nc1-2. The van der Waals surface area contributed by atoms with E-state index in [2.05, 4.69) is 10.5 Å². The van der Waals surface area contributed by atoms with Gasteiger partial charge < -0.3 is 5.32 Å². The number of nitroso groups, excluding NO2 is 1. The molecule has 5 rings (SSSR count). The maximum Gasteiger partial charge on any atom is 0.229 e. The van der Waals surface area contributed by atoms with Gasteiger partial charge in [-0.05, 0) is 46.8 Å². The highest BCUT2D eigenvalue weighted by atomic mass is 16.3. The Balaban J connectivity index is 0.00000141. The summed E-state index contributed by atoms with van der Waals surface area (Å²) >= 11 is 0. The van der Waals surface area contributed by atoms with E-state index >= 15 is 0 Å². The average Bonchev–Trinajstić information content (AvgIpc) is 2.91. The Hall–Kier alpha value is -4.19. The van der Waals surface area contributed by atoms with Crippen LogP contribution in [-0.2, 0) is 30.5 Å². The summed E-state index contributed by atoms with van der Waals surface area (Å²) in [4.78, 5) is 33.6. The Labute approximate surface area is 205 Å². The van der Waals surface area contributed by atoms with Crippen molar-refractivity contribution in [3.8, 4) is 11.3 Å². The summed E-state index contributed by atoms with van der Waals surface area (Å²) in [5.74, 6) is 0.385. The fourth-order valence-electron chi connectivity index (χ4n) is 4.19. The van der Waals surface area contributed by atoms with E-state index in [4.69, 9.17) is 9.97 Å². The summed E-state index contributed by atoms with van der Waals surface area (Å²) < 4.78 is 0. The zero-order valence-corrected chi connectivity index (χ0v) is 20.0. The van der Waals surface area contributed by atoms with Gasteiger partial charge in [0.15, 0.2) is 5.82 Å². The minimum absolute atomic E-state index is 0.123. The molecule has 0 bridgehead atoms. The molecule has 1 N–H and O–H groups in total. The topological polar surface area (TPSA) is 84.3 Å². The van der Waals surface area contributed by atoms with Gasteiger partial charge in [0, 0.05) is 12.0 Å². The molecule has 176 valence electrons. The van der Waals surface area contributed by atoms with Crippen LogP contribution in [0.5, 0.6) is 0 Å². The van der Waals surface area contributed by atoms with Crippen LogP contribution in [0.2, 0.25) is 0 Å². The molecule has 1 aromatic heterocycles. The monoisotopic (exact) mass is 464 g/mol. The number of aryl methyl sites for hydroxylation is 2. The number of amides is 1. The van der Waals surface area contributed by atoms with Crippen LogP contribution in [0, 0.1) is 4.91 Å². The molecule has 35 heavy (non-hydrogen) atoms. The van der Waals surface area contributed by atoms with Gasteiger partial charge in [0.1, 0.15) is 5.69 Å². The number of benzene rings is 3. The first-order valence-corrected chi connectivity index (χ1v) is 11.9. The average molecular weight is 465 g/mol. The molecular formula is C29H28N4O2. The minimum atomic E-state index is -0.123. The number of carbonyl (C=O) groups is 1. The first kappa shape index (κ1) is 24.0. The second-order valence-electron chi connectivity index (χ2n) is 8.12. The van der Waals surface area contributed by atoms with Gasteiger partial charge in [-0.15, -0.1) is 4.91 Å². The zero-order chi connectivity index (χ0) is 24.6. The van der Waals surface area contributed by atoms with Crippen molar-refractivity contribution < 1.29 is 4.79 Å². The Bertz CT molecular complexity index is 1320. The zero-order valence-electron chi connectivity index (χ0n) is 20.0. The Kier molecular flexibility index (Phi) is 7.73. The van der Waals surface area contributed by atoms with Crippen molar-refractivity contribution in [3.63, 3.8) is 0 Å². The largest absolute Gasteiger partial charge is 0.309 e. The lowest BCUT2D eigenvalue weighted by molar-refractivity contribution is -0.115. The lowest BCUT2D eigenvalue weighted by Crippen LogP contribution is -2.20. The van der Waals surface area contributed by atoms with E-state index < -0.39 is 0 Å². The predicted octanol–water partition coefficient (Wildman–Crippen LogP) is 6.44. The number of carbonyl (C=O) groups excluding carboxylic acids is 1. The van der Waals surface area contributed by atoms with Crippen molar-refractivity contribution in [2.45, 2.75) is 39.5 Å². The number of hydrogen-bond acceptors (Lipinski definition) is 5. The summed E-state index contributed by atoms with van der Waals surface area (Å²) in [6.45, 7) is 4.00. The molecule has 3 aromatic carbocycles. The van der Waals surface area contributed by atoms with Crippen molar-refractivity contribution >= 4 is 17.4 Å². The van der Waals surface area contributed by atoms with Gasteiger partial charge in [0.25, 0.3) is 0 Å². The number of fused-ring (bicyclic) bond motifs is 3. The lowest BCUT2D eigenvalue weighted by atomic mass is 9.91. The third-order valence-electron chi connectivity index (χ3n) is 5.80. The second-order valence-corrected chi connectivity index (χ2v) is 8.12. The van der Waals surface area contributed by atoms with Crippen molar-refractivity contribution in [1.29, 1.82) is 0 Å². The highest BCUT2D eigenvalue weighted by Crippen LogP contribution is 2.35. The van der Waals surface area contributed by atoms with Crippen molar-refractivity contribution in [3.05, 3.63) is 112 Å². The smallest absolute Gasteiger partial charge is 0.229 e. The Morgan fingerprint density at radius 1 is 0.886 bits per heavy atom. The number of hydrogen-bond donors (Lipinski definition) is 1. The van der Waals surface area contributed by atoms with Gasteiger partial charge in [0.2, 0.25) is 5.91 Å².